The van der Waals surface area contributed by atoms with Crippen molar-refractivity contribution in [1.29, 1.82) is 0 Å². The number of hydrogen-bond donors (Lipinski definition) is 2. The van der Waals surface area contributed by atoms with Crippen LogP contribution < -0.4 is 5.32 Å². The van der Waals surface area contributed by atoms with Crippen LogP contribution in [0.25, 0.3) is 0 Å². The fourth-order valence-corrected chi connectivity index (χ4v) is 1.94. The Bertz CT molecular complexity index is 388. The van der Waals surface area contributed by atoms with Crippen molar-refractivity contribution in [2.75, 3.05) is 26.7 Å². The molecule has 1 aliphatic heterocycles. The van der Waals surface area contributed by atoms with Crippen molar-refractivity contribution >= 4 is 12.0 Å². The number of nitrogens with one attached hydrogen (secondary N) is 1. The summed E-state index contributed by atoms with van der Waals surface area (Å²) in [6.45, 7) is 0.692. The third kappa shape index (κ3) is 3.14. The van der Waals surface area contributed by atoms with Gasteiger partial charge in [-0.05, 0) is 13.3 Å². The van der Waals surface area contributed by atoms with E-state index in [9.17, 15) is 22.8 Å². The highest BCUT2D eigenvalue weighted by Gasteiger charge is 2.64. The first-order chi connectivity index (χ1) is 9.14. The number of ether oxygens (including phenoxy) is 1. The maximum atomic E-state index is 12.9. The van der Waals surface area contributed by atoms with E-state index in [0.717, 1.165) is 4.90 Å². The average molecular weight is 298 g/mol. The molecule has 1 aliphatic rings. The van der Waals surface area contributed by atoms with Gasteiger partial charge in [-0.25, -0.2) is 4.79 Å². The van der Waals surface area contributed by atoms with Gasteiger partial charge in [-0.2, -0.15) is 13.2 Å². The number of amides is 2. The summed E-state index contributed by atoms with van der Waals surface area (Å²) in [6.07, 6.45) is -5.82. The molecule has 0 saturated carbocycles. The molecule has 2 atom stereocenters. The van der Waals surface area contributed by atoms with Gasteiger partial charge in [0.2, 0.25) is 0 Å². The monoisotopic (exact) mass is 298 g/mol. The molecule has 116 valence electrons. The number of carbonyl (C=O) groups is 2. The van der Waals surface area contributed by atoms with Crippen molar-refractivity contribution < 1.29 is 32.6 Å². The Hall–Kier alpha value is -1.51. The average Bonchev–Trinajstić information content (AvgIpc) is 2.81. The Balaban J connectivity index is 2.70. The number of nitrogens with zero attached hydrogens (tertiary/aromatic N) is 1. The summed E-state index contributed by atoms with van der Waals surface area (Å²) in [6, 6.07) is -0.721. The minimum Gasteiger partial charge on any atom is -0.481 e. The molecular weight excluding hydrogens is 281 g/mol. The molecule has 9 heteroatoms. The minimum absolute atomic E-state index is 0.137. The van der Waals surface area contributed by atoms with E-state index in [2.05, 4.69) is 5.32 Å². The maximum absolute atomic E-state index is 12.9. The summed E-state index contributed by atoms with van der Waals surface area (Å²) < 4.78 is 43.6. The van der Waals surface area contributed by atoms with Gasteiger partial charge >= 0.3 is 18.2 Å². The number of carboxylic acid groups (broad SMARTS) is 1. The first-order valence-corrected chi connectivity index (χ1v) is 6.00. The van der Waals surface area contributed by atoms with E-state index in [1.54, 1.807) is 6.92 Å². The van der Waals surface area contributed by atoms with Crippen LogP contribution in [0.1, 0.15) is 13.3 Å². The normalized spacial score (nSPS) is 24.6. The number of carbonyl (C=O) groups excluding carboxylic acids is 1. The van der Waals surface area contributed by atoms with Gasteiger partial charge in [-0.1, -0.05) is 0 Å². The lowest BCUT2D eigenvalue weighted by Gasteiger charge is -2.27. The van der Waals surface area contributed by atoms with E-state index in [-0.39, 0.29) is 19.2 Å². The number of rotatable bonds is 4. The van der Waals surface area contributed by atoms with Crippen LogP contribution in [-0.4, -0.2) is 61.0 Å². The highest BCUT2D eigenvalue weighted by Crippen LogP contribution is 2.45. The third-order valence-electron chi connectivity index (χ3n) is 3.45. The number of methoxy groups -OCH3 is 1. The van der Waals surface area contributed by atoms with Crippen molar-refractivity contribution in [2.45, 2.75) is 25.6 Å². The molecule has 2 amide bonds. The molecule has 20 heavy (non-hydrogen) atoms. The summed E-state index contributed by atoms with van der Waals surface area (Å²) in [5.74, 6) is -1.95. The molecule has 6 nitrogen and oxygen atoms in total. The predicted molar refractivity (Wildman–Crippen MR) is 62.2 cm³/mol. The topological polar surface area (TPSA) is 78.9 Å². The Morgan fingerprint density at radius 1 is 1.50 bits per heavy atom. The summed E-state index contributed by atoms with van der Waals surface area (Å²) in [5.41, 5.74) is -2.88. The maximum Gasteiger partial charge on any atom is 0.406 e. The van der Waals surface area contributed by atoms with Crippen LogP contribution >= 0.6 is 0 Å². The van der Waals surface area contributed by atoms with Gasteiger partial charge in [-0.3, -0.25) is 4.79 Å². The summed E-state index contributed by atoms with van der Waals surface area (Å²) in [7, 11) is 1.44. The summed E-state index contributed by atoms with van der Waals surface area (Å²) in [4.78, 5) is 23.5. The Morgan fingerprint density at radius 3 is 2.50 bits per heavy atom. The van der Waals surface area contributed by atoms with Crippen molar-refractivity contribution in [1.82, 2.24) is 10.2 Å². The van der Waals surface area contributed by atoms with Crippen molar-refractivity contribution in [3.8, 4) is 0 Å². The molecule has 1 fully saturated rings. The fourth-order valence-electron chi connectivity index (χ4n) is 1.94. The van der Waals surface area contributed by atoms with E-state index in [4.69, 9.17) is 9.84 Å². The molecule has 0 aromatic carbocycles. The second-order valence-electron chi connectivity index (χ2n) is 4.79. The zero-order valence-electron chi connectivity index (χ0n) is 11.2. The van der Waals surface area contributed by atoms with Crippen molar-refractivity contribution in [3.63, 3.8) is 0 Å². The second-order valence-corrected chi connectivity index (χ2v) is 4.79. The van der Waals surface area contributed by atoms with Crippen LogP contribution in [0.5, 0.6) is 0 Å². The smallest absolute Gasteiger partial charge is 0.406 e. The largest absolute Gasteiger partial charge is 0.481 e. The SMILES string of the molecule is COC(C)CNC(=O)N1CCC(C(=O)O)(C(F)(F)F)C1. The number of likely N-dealkylation sites (tertiary alicyclic amines) is 1. The van der Waals surface area contributed by atoms with E-state index >= 15 is 0 Å². The van der Waals surface area contributed by atoms with Crippen LogP contribution in [0, 0.1) is 5.41 Å². The molecule has 0 bridgehead atoms. The number of hydrogen-bond acceptors (Lipinski definition) is 3. The van der Waals surface area contributed by atoms with Crippen LogP contribution in [0.15, 0.2) is 0 Å². The molecule has 0 radical (unpaired) electrons. The second kappa shape index (κ2) is 5.86. The molecule has 0 aromatic rings. The number of alkyl halides is 3. The number of urea groups is 1. The molecule has 1 heterocycles. The van der Waals surface area contributed by atoms with E-state index in [0.29, 0.717) is 0 Å². The molecule has 0 aliphatic carbocycles. The lowest BCUT2D eigenvalue weighted by atomic mass is 9.86. The van der Waals surface area contributed by atoms with Crippen LogP contribution in [-0.2, 0) is 9.53 Å². The van der Waals surface area contributed by atoms with E-state index in [1.807, 2.05) is 0 Å². The lowest BCUT2D eigenvalue weighted by Crippen LogP contribution is -2.49. The lowest BCUT2D eigenvalue weighted by molar-refractivity contribution is -0.226. The van der Waals surface area contributed by atoms with Crippen LogP contribution in [0.2, 0.25) is 0 Å². The van der Waals surface area contributed by atoms with Crippen LogP contribution in [0.3, 0.4) is 0 Å². The standard InChI is InChI=1S/C11H17F3N2O4/c1-7(20-2)5-15-9(19)16-4-3-10(6-16,8(17)18)11(12,13)14/h7H,3-6H2,1-2H3,(H,15,19)(H,17,18). The van der Waals surface area contributed by atoms with E-state index in [1.165, 1.54) is 7.11 Å². The molecule has 0 aromatic heterocycles. The van der Waals surface area contributed by atoms with Gasteiger partial charge in [-0.15, -0.1) is 0 Å². The minimum atomic E-state index is -4.90. The fraction of sp³-hybridized carbons (Fsp3) is 0.818. The number of carboxylic acids is 1. The zero-order chi connectivity index (χ0) is 15.6. The quantitative estimate of drug-likeness (QED) is 0.813. The molecule has 2 N–H and O–H groups in total. The Kier molecular flexibility index (Phi) is 4.85. The predicted octanol–water partition coefficient (Wildman–Crippen LogP) is 1.07. The summed E-state index contributed by atoms with van der Waals surface area (Å²) >= 11 is 0. The van der Waals surface area contributed by atoms with Gasteiger partial charge < -0.3 is 20.1 Å². The Morgan fingerprint density at radius 2 is 2.10 bits per heavy atom. The van der Waals surface area contributed by atoms with Crippen molar-refractivity contribution in [2.24, 2.45) is 5.41 Å². The third-order valence-corrected chi connectivity index (χ3v) is 3.45. The molecular formula is C11H17F3N2O4. The van der Waals surface area contributed by atoms with Gasteiger partial charge in [0.1, 0.15) is 0 Å². The zero-order valence-corrected chi connectivity index (χ0v) is 11.2. The molecule has 1 saturated heterocycles. The summed E-state index contributed by atoms with van der Waals surface area (Å²) in [5, 5.41) is 11.3. The molecule has 1 rings (SSSR count). The molecule has 0 spiro atoms. The van der Waals surface area contributed by atoms with E-state index < -0.39 is 36.6 Å². The van der Waals surface area contributed by atoms with Gasteiger partial charge in [0, 0.05) is 26.7 Å². The number of aliphatic carboxylic acids is 1. The number of halogens is 3. The van der Waals surface area contributed by atoms with Crippen molar-refractivity contribution in [3.05, 3.63) is 0 Å². The first-order valence-electron chi connectivity index (χ1n) is 6.00. The molecule has 2 unspecified atom stereocenters. The van der Waals surface area contributed by atoms with Gasteiger partial charge in [0.25, 0.3) is 0 Å². The highest BCUT2D eigenvalue weighted by molar-refractivity contribution is 5.80. The van der Waals surface area contributed by atoms with Crippen LogP contribution in [0.4, 0.5) is 18.0 Å². The van der Waals surface area contributed by atoms with Gasteiger partial charge in [0.15, 0.2) is 5.41 Å². The Labute approximate surface area is 113 Å². The highest BCUT2D eigenvalue weighted by atomic mass is 19.4. The van der Waals surface area contributed by atoms with Gasteiger partial charge in [0.05, 0.1) is 6.10 Å². The first kappa shape index (κ1) is 16.5.